The Morgan fingerprint density at radius 3 is 2.19 bits per heavy atom. The van der Waals surface area contributed by atoms with E-state index < -0.39 is 21.7 Å². The Morgan fingerprint density at radius 2 is 1.55 bits per heavy atom. The Balaban J connectivity index is 1.47. The fraction of sp³-hybridized carbons (Fsp3) is 0.190. The number of sulfonamides is 1. The molecule has 1 fully saturated rings. The number of piperazine rings is 1. The summed E-state index contributed by atoms with van der Waals surface area (Å²) < 4.78 is 46.7. The Labute approximate surface area is 188 Å². The highest BCUT2D eigenvalue weighted by molar-refractivity contribution is 7.89. The molecule has 0 unspecified atom stereocenters. The van der Waals surface area contributed by atoms with E-state index in [4.69, 9.17) is 27.6 Å². The van der Waals surface area contributed by atoms with Gasteiger partial charge in [0.05, 0.1) is 15.6 Å². The lowest BCUT2D eigenvalue weighted by atomic mass is 10.1. The Hall–Kier alpha value is -2.39. The molecule has 2 aromatic carbocycles. The summed E-state index contributed by atoms with van der Waals surface area (Å²) in [7, 11) is -3.91. The van der Waals surface area contributed by atoms with Crippen LogP contribution in [-0.4, -0.2) is 49.7 Å². The van der Waals surface area contributed by atoms with Gasteiger partial charge in [0.2, 0.25) is 10.0 Å². The quantitative estimate of drug-likeness (QED) is 0.547. The van der Waals surface area contributed by atoms with E-state index in [0.717, 1.165) is 0 Å². The molecule has 3 aromatic rings. The van der Waals surface area contributed by atoms with Crippen LogP contribution < -0.4 is 0 Å². The molecule has 0 atom stereocenters. The van der Waals surface area contributed by atoms with E-state index in [1.165, 1.54) is 39.5 Å². The minimum atomic E-state index is -3.91. The predicted molar refractivity (Wildman–Crippen MR) is 115 cm³/mol. The molecule has 1 saturated heterocycles. The second-order valence-corrected chi connectivity index (χ2v) is 9.58. The zero-order valence-electron chi connectivity index (χ0n) is 16.1. The molecule has 162 valence electrons. The van der Waals surface area contributed by atoms with Crippen LogP contribution in [0, 0.1) is 5.82 Å². The van der Waals surface area contributed by atoms with Gasteiger partial charge in [0, 0.05) is 26.2 Å². The van der Waals surface area contributed by atoms with Gasteiger partial charge in [-0.05, 0) is 36.4 Å². The normalized spacial score (nSPS) is 15.3. The third-order valence-corrected chi connectivity index (χ3v) is 7.85. The first-order valence-corrected chi connectivity index (χ1v) is 11.6. The van der Waals surface area contributed by atoms with E-state index in [-0.39, 0.29) is 58.2 Å². The van der Waals surface area contributed by atoms with Crippen molar-refractivity contribution in [3.8, 4) is 11.3 Å². The monoisotopic (exact) mass is 482 g/mol. The summed E-state index contributed by atoms with van der Waals surface area (Å²) in [6.45, 7) is 0.485. The van der Waals surface area contributed by atoms with Crippen LogP contribution in [0.5, 0.6) is 0 Å². The van der Waals surface area contributed by atoms with Crippen LogP contribution >= 0.6 is 23.2 Å². The average Bonchev–Trinajstić information content (AvgIpc) is 3.23. The molecule has 0 radical (unpaired) electrons. The lowest BCUT2D eigenvalue weighted by Crippen LogP contribution is -2.50. The molecule has 6 nitrogen and oxygen atoms in total. The van der Waals surface area contributed by atoms with Gasteiger partial charge in [-0.25, -0.2) is 12.8 Å². The van der Waals surface area contributed by atoms with Gasteiger partial charge in [0.1, 0.15) is 16.5 Å². The largest absolute Gasteiger partial charge is 0.451 e. The van der Waals surface area contributed by atoms with Crippen molar-refractivity contribution in [2.75, 3.05) is 26.2 Å². The molecule has 4 rings (SSSR count). The first-order chi connectivity index (χ1) is 14.8. The third-order valence-electron chi connectivity index (χ3n) is 5.00. The van der Waals surface area contributed by atoms with E-state index in [1.807, 2.05) is 0 Å². The number of hydrogen-bond donors (Lipinski definition) is 0. The van der Waals surface area contributed by atoms with Gasteiger partial charge in [0.25, 0.3) is 5.91 Å². The molecule has 0 spiro atoms. The minimum Gasteiger partial charge on any atom is -0.451 e. The number of hydrogen-bond acceptors (Lipinski definition) is 4. The molecular formula is C21H17Cl2FN2O4S. The molecule has 1 aromatic heterocycles. The zero-order valence-corrected chi connectivity index (χ0v) is 18.4. The average molecular weight is 483 g/mol. The van der Waals surface area contributed by atoms with Crippen molar-refractivity contribution in [2.45, 2.75) is 4.90 Å². The summed E-state index contributed by atoms with van der Waals surface area (Å²) in [5, 5.41) is 0.0875. The van der Waals surface area contributed by atoms with Crippen LogP contribution in [0.15, 0.2) is 63.9 Å². The molecule has 0 bridgehead atoms. The van der Waals surface area contributed by atoms with Crippen molar-refractivity contribution in [3.63, 3.8) is 0 Å². The van der Waals surface area contributed by atoms with Crippen molar-refractivity contribution < 1.29 is 22.0 Å². The second kappa shape index (κ2) is 8.63. The number of carbonyl (C=O) groups excluding carboxylic acids is 1. The zero-order chi connectivity index (χ0) is 22.2. The number of nitrogens with zero attached hydrogens (tertiary/aromatic N) is 2. The second-order valence-electron chi connectivity index (χ2n) is 6.89. The van der Waals surface area contributed by atoms with Crippen molar-refractivity contribution in [2.24, 2.45) is 0 Å². The Bertz CT molecular complexity index is 1220. The maximum atomic E-state index is 14.0. The van der Waals surface area contributed by atoms with Crippen LogP contribution in [0.2, 0.25) is 10.0 Å². The molecule has 0 saturated carbocycles. The topological polar surface area (TPSA) is 70.8 Å². The number of benzene rings is 2. The SMILES string of the molecule is O=C(c1ccc(-c2ccccc2F)o1)N1CCN(S(=O)(=O)c2c(Cl)cccc2Cl)CC1. The highest BCUT2D eigenvalue weighted by Gasteiger charge is 2.33. The summed E-state index contributed by atoms with van der Waals surface area (Å²) in [6, 6.07) is 13.6. The van der Waals surface area contributed by atoms with Gasteiger partial charge in [-0.2, -0.15) is 4.31 Å². The van der Waals surface area contributed by atoms with Crippen molar-refractivity contribution in [3.05, 3.63) is 76.2 Å². The molecule has 31 heavy (non-hydrogen) atoms. The molecule has 0 N–H and O–H groups in total. The number of amides is 1. The number of carbonyl (C=O) groups is 1. The summed E-state index contributed by atoms with van der Waals surface area (Å²) in [5.74, 6) is -0.539. The molecule has 1 aliphatic rings. The standard InChI is InChI=1S/C21H17Cl2FN2O4S/c22-15-5-3-6-16(23)20(15)31(28,29)26-12-10-25(11-13-26)21(27)19-9-8-18(30-19)14-4-1-2-7-17(14)24/h1-9H,10-13H2. The van der Waals surface area contributed by atoms with Gasteiger partial charge in [-0.3, -0.25) is 4.79 Å². The highest BCUT2D eigenvalue weighted by Crippen LogP contribution is 2.32. The summed E-state index contributed by atoms with van der Waals surface area (Å²) >= 11 is 12.1. The van der Waals surface area contributed by atoms with Crippen molar-refractivity contribution in [1.29, 1.82) is 0 Å². The maximum Gasteiger partial charge on any atom is 0.289 e. The van der Waals surface area contributed by atoms with Crippen LogP contribution in [0.4, 0.5) is 4.39 Å². The van der Waals surface area contributed by atoms with Gasteiger partial charge in [-0.15, -0.1) is 0 Å². The van der Waals surface area contributed by atoms with Crippen LogP contribution in [-0.2, 0) is 10.0 Å². The van der Waals surface area contributed by atoms with E-state index in [1.54, 1.807) is 24.3 Å². The van der Waals surface area contributed by atoms with E-state index in [9.17, 15) is 17.6 Å². The Kier molecular flexibility index (Phi) is 6.07. The number of rotatable bonds is 4. The summed E-state index contributed by atoms with van der Waals surface area (Å²) in [4.78, 5) is 14.1. The van der Waals surface area contributed by atoms with Gasteiger partial charge < -0.3 is 9.32 Å². The molecular weight excluding hydrogens is 466 g/mol. The Morgan fingerprint density at radius 1 is 0.903 bits per heavy atom. The fourth-order valence-corrected chi connectivity index (χ4v) is 5.92. The van der Waals surface area contributed by atoms with Gasteiger partial charge in [0.15, 0.2) is 5.76 Å². The lowest BCUT2D eigenvalue weighted by molar-refractivity contribution is 0.0667. The number of halogens is 3. The highest BCUT2D eigenvalue weighted by atomic mass is 35.5. The van der Waals surface area contributed by atoms with Crippen molar-refractivity contribution in [1.82, 2.24) is 9.21 Å². The van der Waals surface area contributed by atoms with Gasteiger partial charge >= 0.3 is 0 Å². The molecule has 1 aliphatic heterocycles. The van der Waals surface area contributed by atoms with E-state index >= 15 is 0 Å². The third kappa shape index (κ3) is 4.21. The van der Waals surface area contributed by atoms with Crippen LogP contribution in [0.3, 0.4) is 0 Å². The molecule has 1 amide bonds. The fourth-order valence-electron chi connectivity index (χ4n) is 3.40. The van der Waals surface area contributed by atoms with Crippen molar-refractivity contribution >= 4 is 39.1 Å². The summed E-state index contributed by atoms with van der Waals surface area (Å²) in [5.41, 5.74) is 0.258. The smallest absolute Gasteiger partial charge is 0.289 e. The lowest BCUT2D eigenvalue weighted by Gasteiger charge is -2.33. The maximum absolute atomic E-state index is 14.0. The van der Waals surface area contributed by atoms with Gasteiger partial charge in [-0.1, -0.05) is 41.4 Å². The van der Waals surface area contributed by atoms with Crippen LogP contribution in [0.25, 0.3) is 11.3 Å². The van der Waals surface area contributed by atoms with E-state index in [2.05, 4.69) is 0 Å². The van der Waals surface area contributed by atoms with Crippen LogP contribution in [0.1, 0.15) is 10.6 Å². The van der Waals surface area contributed by atoms with E-state index in [0.29, 0.717) is 0 Å². The number of furan rings is 1. The predicted octanol–water partition coefficient (Wildman–Crippen LogP) is 4.54. The molecule has 10 heteroatoms. The molecule has 0 aliphatic carbocycles. The first kappa shape index (κ1) is 21.8. The summed E-state index contributed by atoms with van der Waals surface area (Å²) in [6.07, 6.45) is 0. The molecule has 2 heterocycles. The minimum absolute atomic E-state index is 0.0438. The first-order valence-electron chi connectivity index (χ1n) is 9.37.